The Bertz CT molecular complexity index is 777. The maximum absolute atomic E-state index is 12.9. The Morgan fingerprint density at radius 3 is 2.81 bits per heavy atom. The molecule has 0 bridgehead atoms. The number of rotatable bonds is 7. The first-order valence-corrected chi connectivity index (χ1v) is 9.16. The van der Waals surface area contributed by atoms with Crippen molar-refractivity contribution in [3.63, 3.8) is 0 Å². The number of urea groups is 1. The molecule has 2 N–H and O–H groups in total. The predicted molar refractivity (Wildman–Crippen MR) is 97.1 cm³/mol. The van der Waals surface area contributed by atoms with Gasteiger partial charge in [-0.15, -0.1) is 0 Å². The van der Waals surface area contributed by atoms with Crippen molar-refractivity contribution in [1.29, 1.82) is 0 Å². The van der Waals surface area contributed by atoms with Crippen LogP contribution < -0.4 is 5.32 Å². The Labute approximate surface area is 157 Å². The van der Waals surface area contributed by atoms with E-state index in [4.69, 9.17) is 9.63 Å². The zero-order chi connectivity index (χ0) is 19.2. The number of amides is 2. The van der Waals surface area contributed by atoms with Crippen molar-refractivity contribution in [3.8, 4) is 0 Å². The molecular formula is C19H24N4O4. The first kappa shape index (κ1) is 18.9. The summed E-state index contributed by atoms with van der Waals surface area (Å²) in [5, 5.41) is 15.8. The zero-order valence-corrected chi connectivity index (χ0v) is 15.3. The average Bonchev–Trinajstić information content (AvgIpc) is 3.29. The van der Waals surface area contributed by atoms with Gasteiger partial charge in [0.15, 0.2) is 5.82 Å². The van der Waals surface area contributed by atoms with Crippen LogP contribution in [0.4, 0.5) is 4.79 Å². The summed E-state index contributed by atoms with van der Waals surface area (Å²) in [5.41, 5.74) is 1.05. The molecule has 144 valence electrons. The summed E-state index contributed by atoms with van der Waals surface area (Å²) in [6, 6.07) is 9.01. The van der Waals surface area contributed by atoms with Crippen LogP contribution in [0.5, 0.6) is 0 Å². The highest BCUT2D eigenvalue weighted by Crippen LogP contribution is 2.30. The number of carboxylic acid groups (broad SMARTS) is 1. The maximum Gasteiger partial charge on any atom is 0.318 e. The van der Waals surface area contributed by atoms with Crippen molar-refractivity contribution in [2.45, 2.75) is 51.1 Å². The lowest BCUT2D eigenvalue weighted by Crippen LogP contribution is -2.45. The zero-order valence-electron chi connectivity index (χ0n) is 15.3. The molecule has 1 saturated heterocycles. The molecule has 2 aromatic rings. The number of hydrogen-bond donors (Lipinski definition) is 2. The molecule has 2 heterocycles. The number of likely N-dealkylation sites (tertiary alicyclic amines) is 1. The number of carboxylic acids is 1. The van der Waals surface area contributed by atoms with E-state index in [1.807, 2.05) is 30.3 Å². The minimum atomic E-state index is -0.873. The van der Waals surface area contributed by atoms with E-state index in [1.165, 1.54) is 0 Å². The summed E-state index contributed by atoms with van der Waals surface area (Å²) in [7, 11) is 0. The van der Waals surface area contributed by atoms with E-state index in [1.54, 1.807) is 11.8 Å². The second-order valence-corrected chi connectivity index (χ2v) is 6.80. The lowest BCUT2D eigenvalue weighted by atomic mass is 10.0. The molecule has 1 aromatic carbocycles. The van der Waals surface area contributed by atoms with Crippen molar-refractivity contribution in [2.75, 3.05) is 6.54 Å². The molecule has 8 heteroatoms. The molecule has 1 aromatic heterocycles. The minimum Gasteiger partial charge on any atom is -0.481 e. The molecule has 0 spiro atoms. The molecule has 1 aliphatic rings. The summed E-state index contributed by atoms with van der Waals surface area (Å²) >= 11 is 0. The Hall–Kier alpha value is -2.90. The molecule has 8 nitrogen and oxygen atoms in total. The van der Waals surface area contributed by atoms with Gasteiger partial charge < -0.3 is 19.8 Å². The van der Waals surface area contributed by atoms with E-state index >= 15 is 0 Å². The van der Waals surface area contributed by atoms with Gasteiger partial charge in [0.25, 0.3) is 0 Å². The molecule has 2 amide bonds. The van der Waals surface area contributed by atoms with Crippen LogP contribution in [-0.4, -0.2) is 44.7 Å². The molecule has 0 radical (unpaired) electrons. The van der Waals surface area contributed by atoms with E-state index < -0.39 is 5.97 Å². The van der Waals surface area contributed by atoms with E-state index in [0.29, 0.717) is 31.1 Å². The van der Waals surface area contributed by atoms with Crippen LogP contribution in [0, 0.1) is 6.92 Å². The SMILES string of the molecule is Cc1noc(C2CCCN2C(=O)NC(CCC(=O)O)Cc2ccccc2)n1. The first-order valence-electron chi connectivity index (χ1n) is 9.16. The summed E-state index contributed by atoms with van der Waals surface area (Å²) in [5.74, 6) is 0.119. The van der Waals surface area contributed by atoms with Gasteiger partial charge in [-0.3, -0.25) is 4.79 Å². The fraction of sp³-hybridized carbons (Fsp3) is 0.474. The molecular weight excluding hydrogens is 348 g/mol. The average molecular weight is 372 g/mol. The van der Waals surface area contributed by atoms with Gasteiger partial charge in [-0.2, -0.15) is 4.98 Å². The van der Waals surface area contributed by atoms with Crippen molar-refractivity contribution in [1.82, 2.24) is 20.4 Å². The van der Waals surface area contributed by atoms with Gasteiger partial charge in [0, 0.05) is 19.0 Å². The topological polar surface area (TPSA) is 109 Å². The number of nitrogens with one attached hydrogen (secondary N) is 1. The summed E-state index contributed by atoms with van der Waals surface area (Å²) in [6.07, 6.45) is 2.59. The molecule has 0 saturated carbocycles. The third-order valence-corrected chi connectivity index (χ3v) is 4.70. The molecule has 3 rings (SSSR count). The first-order chi connectivity index (χ1) is 13.0. The normalized spacial score (nSPS) is 17.7. The second kappa shape index (κ2) is 8.66. The molecule has 2 unspecified atom stereocenters. The Morgan fingerprint density at radius 1 is 1.37 bits per heavy atom. The van der Waals surface area contributed by atoms with Gasteiger partial charge in [0.2, 0.25) is 5.89 Å². The van der Waals surface area contributed by atoms with E-state index in [2.05, 4.69) is 15.5 Å². The van der Waals surface area contributed by atoms with Crippen LogP contribution in [0.15, 0.2) is 34.9 Å². The van der Waals surface area contributed by atoms with Crippen LogP contribution in [0.2, 0.25) is 0 Å². The molecule has 1 fully saturated rings. The van der Waals surface area contributed by atoms with E-state index in [9.17, 15) is 9.59 Å². The smallest absolute Gasteiger partial charge is 0.318 e. The number of carbonyl (C=O) groups is 2. The lowest BCUT2D eigenvalue weighted by Gasteiger charge is -2.26. The highest BCUT2D eigenvalue weighted by atomic mass is 16.5. The summed E-state index contributed by atoms with van der Waals surface area (Å²) < 4.78 is 5.25. The maximum atomic E-state index is 12.9. The summed E-state index contributed by atoms with van der Waals surface area (Å²) in [4.78, 5) is 29.8. The Balaban J connectivity index is 1.67. The lowest BCUT2D eigenvalue weighted by molar-refractivity contribution is -0.137. The standard InChI is InChI=1S/C19H24N4O4/c1-13-20-18(27-22-13)16-8-5-11-23(16)19(26)21-15(9-10-17(24)25)12-14-6-3-2-4-7-14/h2-4,6-7,15-16H,5,8-12H2,1H3,(H,21,26)(H,24,25). The van der Waals surface area contributed by atoms with Crippen LogP contribution >= 0.6 is 0 Å². The molecule has 2 atom stereocenters. The number of hydrogen-bond acceptors (Lipinski definition) is 5. The van der Waals surface area contributed by atoms with E-state index in [0.717, 1.165) is 18.4 Å². The number of aromatic nitrogens is 2. The third kappa shape index (κ3) is 5.06. The van der Waals surface area contributed by atoms with Crippen molar-refractivity contribution < 1.29 is 19.2 Å². The number of carbonyl (C=O) groups excluding carboxylic acids is 1. The number of benzene rings is 1. The fourth-order valence-electron chi connectivity index (χ4n) is 3.39. The fourth-order valence-corrected chi connectivity index (χ4v) is 3.39. The van der Waals surface area contributed by atoms with Gasteiger partial charge in [-0.1, -0.05) is 35.5 Å². The van der Waals surface area contributed by atoms with Gasteiger partial charge >= 0.3 is 12.0 Å². The molecule has 0 aliphatic carbocycles. The number of nitrogens with zero attached hydrogens (tertiary/aromatic N) is 3. The molecule has 27 heavy (non-hydrogen) atoms. The highest BCUT2D eigenvalue weighted by Gasteiger charge is 2.34. The molecule has 1 aliphatic heterocycles. The number of aryl methyl sites for hydroxylation is 1. The van der Waals surface area contributed by atoms with Gasteiger partial charge in [-0.25, -0.2) is 4.79 Å². The van der Waals surface area contributed by atoms with Crippen LogP contribution in [-0.2, 0) is 11.2 Å². The predicted octanol–water partition coefficient (Wildman–Crippen LogP) is 2.70. The third-order valence-electron chi connectivity index (χ3n) is 4.70. The van der Waals surface area contributed by atoms with Crippen LogP contribution in [0.1, 0.15) is 49.0 Å². The largest absolute Gasteiger partial charge is 0.481 e. The highest BCUT2D eigenvalue weighted by molar-refractivity contribution is 5.75. The monoisotopic (exact) mass is 372 g/mol. The second-order valence-electron chi connectivity index (χ2n) is 6.80. The Morgan fingerprint density at radius 2 is 2.15 bits per heavy atom. The van der Waals surface area contributed by atoms with Gasteiger partial charge in [0.05, 0.1) is 0 Å². The quantitative estimate of drug-likeness (QED) is 0.773. The minimum absolute atomic E-state index is 0.00403. The van der Waals surface area contributed by atoms with Crippen LogP contribution in [0.25, 0.3) is 0 Å². The van der Waals surface area contributed by atoms with Crippen molar-refractivity contribution in [3.05, 3.63) is 47.6 Å². The summed E-state index contributed by atoms with van der Waals surface area (Å²) in [6.45, 7) is 2.35. The van der Waals surface area contributed by atoms with Crippen molar-refractivity contribution in [2.24, 2.45) is 0 Å². The van der Waals surface area contributed by atoms with E-state index in [-0.39, 0.29) is 24.5 Å². The Kier molecular flexibility index (Phi) is 6.05. The number of aliphatic carboxylic acids is 1. The van der Waals surface area contributed by atoms with Gasteiger partial charge in [-0.05, 0) is 38.2 Å². The van der Waals surface area contributed by atoms with Gasteiger partial charge in [0.1, 0.15) is 6.04 Å². The van der Waals surface area contributed by atoms with Crippen molar-refractivity contribution >= 4 is 12.0 Å². The van der Waals surface area contributed by atoms with Crippen LogP contribution in [0.3, 0.4) is 0 Å².